The summed E-state index contributed by atoms with van der Waals surface area (Å²) in [6, 6.07) is 59.4. The molecule has 8 aromatic rings. The number of hydrogen-bond acceptors (Lipinski definition) is 0. The Morgan fingerprint density at radius 1 is 0.311 bits per heavy atom. The molecule has 1 spiro atoms. The Balaban J connectivity index is 1.22. The molecule has 0 aliphatic heterocycles. The Hall–Kier alpha value is -5.72. The van der Waals surface area contributed by atoms with Crippen molar-refractivity contribution in [3.63, 3.8) is 0 Å². The van der Waals surface area contributed by atoms with Gasteiger partial charge in [-0.2, -0.15) is 0 Å². The van der Waals surface area contributed by atoms with E-state index in [-0.39, 0.29) is 5.41 Å². The quantitative estimate of drug-likeness (QED) is 0.185. The summed E-state index contributed by atoms with van der Waals surface area (Å²) in [7, 11) is 0. The van der Waals surface area contributed by atoms with Crippen molar-refractivity contribution >= 4 is 21.5 Å². The highest BCUT2D eigenvalue weighted by atomic mass is 14.5. The number of rotatable bonds is 1. The summed E-state index contributed by atoms with van der Waals surface area (Å²) in [4.78, 5) is 0. The lowest BCUT2D eigenvalue weighted by molar-refractivity contribution is 0.795. The Morgan fingerprint density at radius 3 is 1.69 bits per heavy atom. The first kappa shape index (κ1) is 23.7. The van der Waals surface area contributed by atoms with Crippen LogP contribution >= 0.6 is 0 Å². The van der Waals surface area contributed by atoms with E-state index in [0.717, 1.165) is 0 Å². The molecular weight excluding hydrogens is 540 g/mol. The smallest absolute Gasteiger partial charge is 0.0619 e. The van der Waals surface area contributed by atoms with Gasteiger partial charge in [-0.3, -0.25) is 0 Å². The zero-order chi connectivity index (χ0) is 29.3. The van der Waals surface area contributed by atoms with Gasteiger partial charge in [-0.15, -0.1) is 0 Å². The van der Waals surface area contributed by atoms with Gasteiger partial charge in [0.05, 0.1) is 5.41 Å². The van der Waals surface area contributed by atoms with E-state index in [1.54, 1.807) is 0 Å². The van der Waals surface area contributed by atoms with Gasteiger partial charge in [0.15, 0.2) is 0 Å². The molecule has 0 saturated heterocycles. The van der Waals surface area contributed by atoms with Crippen molar-refractivity contribution < 1.29 is 0 Å². The molecule has 0 fully saturated rings. The van der Waals surface area contributed by atoms with Crippen molar-refractivity contribution in [2.45, 2.75) is 5.41 Å². The Morgan fingerprint density at radius 2 is 0.911 bits per heavy atom. The minimum atomic E-state index is -0.340. The summed E-state index contributed by atoms with van der Waals surface area (Å²) < 4.78 is 0. The summed E-state index contributed by atoms with van der Waals surface area (Å²) >= 11 is 0. The van der Waals surface area contributed by atoms with E-state index in [0.29, 0.717) is 0 Å². The van der Waals surface area contributed by atoms with Crippen molar-refractivity contribution in [3.8, 4) is 55.6 Å². The molecule has 206 valence electrons. The van der Waals surface area contributed by atoms with E-state index in [1.165, 1.54) is 99.4 Å². The molecule has 3 aliphatic rings. The van der Waals surface area contributed by atoms with Crippen molar-refractivity contribution in [3.05, 3.63) is 180 Å². The van der Waals surface area contributed by atoms with Gasteiger partial charge in [0, 0.05) is 0 Å². The molecule has 3 aliphatic carbocycles. The highest BCUT2D eigenvalue weighted by molar-refractivity contribution is 6.21. The average Bonchev–Trinajstić information content (AvgIpc) is 3.71. The minimum Gasteiger partial charge on any atom is -0.0619 e. The molecule has 0 amide bonds. The lowest BCUT2D eigenvalue weighted by Crippen LogP contribution is -2.25. The van der Waals surface area contributed by atoms with E-state index >= 15 is 0 Å². The normalized spacial score (nSPS) is 14.0. The summed E-state index contributed by atoms with van der Waals surface area (Å²) in [6.45, 7) is 0. The molecule has 0 nitrogen and oxygen atoms in total. The molecule has 45 heavy (non-hydrogen) atoms. The van der Waals surface area contributed by atoms with Crippen LogP contribution in [0.25, 0.3) is 77.2 Å². The van der Waals surface area contributed by atoms with E-state index in [4.69, 9.17) is 0 Å². The summed E-state index contributed by atoms with van der Waals surface area (Å²) in [5, 5.41) is 5.29. The van der Waals surface area contributed by atoms with E-state index < -0.39 is 0 Å². The molecule has 0 heteroatoms. The highest BCUT2D eigenvalue weighted by Crippen LogP contribution is 2.65. The zero-order valence-corrected chi connectivity index (χ0v) is 24.5. The maximum absolute atomic E-state index is 2.56. The SMILES string of the molecule is c1ccc2c(c1)-c1ccccc1C21c2ccccc2-c2c1cc1c3c(cccc23)-c2cc(-c3ccc4ccccc4c3)ccc2-1. The van der Waals surface area contributed by atoms with Crippen molar-refractivity contribution in [1.82, 2.24) is 0 Å². The third-order valence-corrected chi connectivity index (χ3v) is 10.8. The molecule has 0 heterocycles. The Labute approximate surface area is 261 Å². The van der Waals surface area contributed by atoms with Crippen LogP contribution < -0.4 is 0 Å². The van der Waals surface area contributed by atoms with Crippen LogP contribution in [0.2, 0.25) is 0 Å². The van der Waals surface area contributed by atoms with Gasteiger partial charge >= 0.3 is 0 Å². The number of hydrogen-bond donors (Lipinski definition) is 0. The maximum atomic E-state index is 2.56. The predicted molar refractivity (Wildman–Crippen MR) is 188 cm³/mol. The lowest BCUT2D eigenvalue weighted by Gasteiger charge is -2.30. The molecule has 8 aromatic carbocycles. The standard InChI is InChI=1S/C45H26/c1-2-11-28-24-29(21-20-27(28)10-1)30-22-23-31-37(25-30)34-15-9-16-36-43(34)38(31)26-42-44(36)35-14-5-8-19-41(35)45(42)39-17-6-3-12-32(39)33-13-4-7-18-40(33)45/h1-26H. The van der Waals surface area contributed by atoms with Crippen molar-refractivity contribution in [2.24, 2.45) is 0 Å². The second-order valence-electron chi connectivity index (χ2n) is 12.8. The van der Waals surface area contributed by atoms with Crippen LogP contribution in [0.4, 0.5) is 0 Å². The second-order valence-corrected chi connectivity index (χ2v) is 12.8. The van der Waals surface area contributed by atoms with Crippen LogP contribution in [0, 0.1) is 0 Å². The van der Waals surface area contributed by atoms with Crippen LogP contribution in [0.5, 0.6) is 0 Å². The summed E-state index contributed by atoms with van der Waals surface area (Å²) in [5.74, 6) is 0. The van der Waals surface area contributed by atoms with Crippen LogP contribution in [0.1, 0.15) is 22.3 Å². The zero-order valence-electron chi connectivity index (χ0n) is 24.5. The van der Waals surface area contributed by atoms with Gasteiger partial charge in [0.25, 0.3) is 0 Å². The molecule has 0 unspecified atom stereocenters. The van der Waals surface area contributed by atoms with Crippen LogP contribution in [-0.2, 0) is 5.41 Å². The fourth-order valence-corrected chi connectivity index (χ4v) is 9.05. The molecule has 0 bridgehead atoms. The maximum Gasteiger partial charge on any atom is 0.0725 e. The summed E-state index contributed by atoms with van der Waals surface area (Å²) in [5.41, 5.74) is 18.6. The minimum absolute atomic E-state index is 0.340. The first-order chi connectivity index (χ1) is 22.3. The Kier molecular flexibility index (Phi) is 4.35. The van der Waals surface area contributed by atoms with Gasteiger partial charge in [-0.25, -0.2) is 0 Å². The molecule has 0 atom stereocenters. The van der Waals surface area contributed by atoms with Crippen molar-refractivity contribution in [2.75, 3.05) is 0 Å². The van der Waals surface area contributed by atoms with Crippen LogP contribution in [-0.4, -0.2) is 0 Å². The van der Waals surface area contributed by atoms with Gasteiger partial charge < -0.3 is 0 Å². The topological polar surface area (TPSA) is 0 Å². The monoisotopic (exact) mass is 566 g/mol. The lowest BCUT2D eigenvalue weighted by atomic mass is 9.70. The fraction of sp³-hybridized carbons (Fsp3) is 0.0222. The van der Waals surface area contributed by atoms with Crippen LogP contribution in [0.3, 0.4) is 0 Å². The average molecular weight is 567 g/mol. The number of fused-ring (bicyclic) bond motifs is 15. The fourth-order valence-electron chi connectivity index (χ4n) is 9.05. The summed E-state index contributed by atoms with van der Waals surface area (Å²) in [6.07, 6.45) is 0. The van der Waals surface area contributed by atoms with E-state index in [9.17, 15) is 0 Å². The third-order valence-electron chi connectivity index (χ3n) is 10.8. The second kappa shape index (κ2) is 8.25. The van der Waals surface area contributed by atoms with Gasteiger partial charge in [-0.05, 0) is 118 Å². The number of benzene rings is 8. The molecular formula is C45H26. The van der Waals surface area contributed by atoms with Crippen molar-refractivity contribution in [1.29, 1.82) is 0 Å². The molecule has 0 aromatic heterocycles. The van der Waals surface area contributed by atoms with Crippen LogP contribution in [0.15, 0.2) is 158 Å². The van der Waals surface area contributed by atoms with E-state index in [2.05, 4.69) is 158 Å². The third kappa shape index (κ3) is 2.79. The first-order valence-electron chi connectivity index (χ1n) is 15.9. The predicted octanol–water partition coefficient (Wildman–Crippen LogP) is 11.7. The molecule has 0 saturated carbocycles. The highest BCUT2D eigenvalue weighted by Gasteiger charge is 2.52. The van der Waals surface area contributed by atoms with Gasteiger partial charge in [0.2, 0.25) is 0 Å². The van der Waals surface area contributed by atoms with Gasteiger partial charge in [0.1, 0.15) is 0 Å². The largest absolute Gasteiger partial charge is 0.0725 e. The van der Waals surface area contributed by atoms with E-state index in [1.807, 2.05) is 0 Å². The molecule has 0 N–H and O–H groups in total. The molecule has 11 rings (SSSR count). The molecule has 0 radical (unpaired) electrons. The Bertz CT molecular complexity index is 2550. The van der Waals surface area contributed by atoms with Gasteiger partial charge in [-0.1, -0.05) is 140 Å². The first-order valence-corrected chi connectivity index (χ1v) is 15.9.